The number of nitrogens with one attached hydrogen (secondary N) is 2. The number of hydrogen-bond acceptors (Lipinski definition) is 5. The van der Waals surface area contributed by atoms with Gasteiger partial charge in [0.2, 0.25) is 17.7 Å². The van der Waals surface area contributed by atoms with Crippen molar-refractivity contribution in [3.63, 3.8) is 0 Å². The highest BCUT2D eigenvalue weighted by Crippen LogP contribution is 2.24. The lowest BCUT2D eigenvalue weighted by Crippen LogP contribution is -2.54. The first-order chi connectivity index (χ1) is 16.2. The molecule has 0 spiro atoms. The lowest BCUT2D eigenvalue weighted by molar-refractivity contribution is -0.132. The summed E-state index contributed by atoms with van der Waals surface area (Å²) in [7, 11) is 0. The van der Waals surface area contributed by atoms with E-state index in [1.807, 2.05) is 42.2 Å². The van der Waals surface area contributed by atoms with Crippen LogP contribution in [-0.4, -0.2) is 56.8 Å². The number of unbranched alkanes of at least 4 members (excludes halogenated alkanes) is 1. The number of likely N-dealkylation sites (tertiary alicyclic amines) is 1. The van der Waals surface area contributed by atoms with E-state index in [-0.39, 0.29) is 11.8 Å². The highest BCUT2D eigenvalue weighted by molar-refractivity contribution is 5.97. The van der Waals surface area contributed by atoms with Gasteiger partial charge in [-0.3, -0.25) is 14.4 Å². The summed E-state index contributed by atoms with van der Waals surface area (Å²) in [5.74, 6) is -0.423. The molecule has 2 aromatic rings. The summed E-state index contributed by atoms with van der Waals surface area (Å²) < 4.78 is 1.73. The third kappa shape index (κ3) is 6.44. The Morgan fingerprint density at radius 1 is 1.15 bits per heavy atom. The molecule has 3 amide bonds. The predicted molar refractivity (Wildman–Crippen MR) is 131 cm³/mol. The van der Waals surface area contributed by atoms with Crippen LogP contribution in [0.5, 0.6) is 0 Å². The summed E-state index contributed by atoms with van der Waals surface area (Å²) in [6.45, 7) is 6.71. The van der Waals surface area contributed by atoms with Crippen molar-refractivity contribution in [1.82, 2.24) is 19.8 Å². The Kier molecular flexibility index (Phi) is 8.44. The van der Waals surface area contributed by atoms with Crippen LogP contribution in [0.25, 0.3) is 0 Å². The summed E-state index contributed by atoms with van der Waals surface area (Å²) in [6, 6.07) is 8.26. The van der Waals surface area contributed by atoms with E-state index in [4.69, 9.17) is 5.73 Å². The summed E-state index contributed by atoms with van der Waals surface area (Å²) in [6.07, 6.45) is 7.38. The molecule has 9 nitrogen and oxygen atoms in total. The molecule has 184 valence electrons. The van der Waals surface area contributed by atoms with Gasteiger partial charge in [0, 0.05) is 19.3 Å². The van der Waals surface area contributed by atoms with Gasteiger partial charge in [-0.2, -0.15) is 0 Å². The van der Waals surface area contributed by atoms with Gasteiger partial charge in [0.25, 0.3) is 0 Å². The van der Waals surface area contributed by atoms with Gasteiger partial charge in [-0.25, -0.2) is 4.98 Å². The minimum Gasteiger partial charge on any atom is -0.343 e. The van der Waals surface area contributed by atoms with Crippen LogP contribution in [0.3, 0.4) is 0 Å². The predicted octanol–water partition coefficient (Wildman–Crippen LogP) is 2.45. The van der Waals surface area contributed by atoms with Crippen molar-refractivity contribution in [2.24, 2.45) is 5.73 Å². The zero-order valence-electron chi connectivity index (χ0n) is 20.3. The van der Waals surface area contributed by atoms with Gasteiger partial charge in [-0.15, -0.1) is 0 Å². The molecule has 0 aliphatic carbocycles. The molecule has 1 aliphatic heterocycles. The quantitative estimate of drug-likeness (QED) is 0.494. The van der Waals surface area contributed by atoms with Crippen molar-refractivity contribution in [2.75, 3.05) is 18.4 Å². The highest BCUT2D eigenvalue weighted by atomic mass is 16.2. The second kappa shape index (κ2) is 11.3. The van der Waals surface area contributed by atoms with Crippen molar-refractivity contribution in [2.45, 2.75) is 70.5 Å². The maximum Gasteiger partial charge on any atom is 0.250 e. The first-order valence-corrected chi connectivity index (χ1v) is 12.0. The fraction of sp³-hybridized carbons (Fsp3) is 0.520. The molecule has 1 aromatic carbocycles. The van der Waals surface area contributed by atoms with E-state index in [0.29, 0.717) is 12.2 Å². The molecular formula is C25H36N6O3. The second-order valence-electron chi connectivity index (χ2n) is 9.43. The van der Waals surface area contributed by atoms with Gasteiger partial charge < -0.3 is 25.8 Å². The normalized spacial score (nSPS) is 15.6. The van der Waals surface area contributed by atoms with E-state index in [1.165, 1.54) is 0 Å². The Hall–Kier alpha value is -3.20. The van der Waals surface area contributed by atoms with Crippen LogP contribution >= 0.6 is 0 Å². The maximum absolute atomic E-state index is 13.4. The molecule has 9 heteroatoms. The topological polar surface area (TPSA) is 122 Å². The summed E-state index contributed by atoms with van der Waals surface area (Å²) >= 11 is 0. The van der Waals surface area contributed by atoms with Gasteiger partial charge >= 0.3 is 0 Å². The number of hydrogen-bond donors (Lipinski definition) is 3. The Balaban J connectivity index is 1.78. The first-order valence-electron chi connectivity index (χ1n) is 12.0. The third-order valence-corrected chi connectivity index (χ3v) is 5.97. The molecule has 0 radical (unpaired) electrons. The molecule has 34 heavy (non-hydrogen) atoms. The second-order valence-corrected chi connectivity index (χ2v) is 9.43. The molecule has 2 atom stereocenters. The van der Waals surface area contributed by atoms with Crippen molar-refractivity contribution in [1.29, 1.82) is 0 Å². The van der Waals surface area contributed by atoms with Crippen LogP contribution in [0.2, 0.25) is 0 Å². The van der Waals surface area contributed by atoms with Gasteiger partial charge in [0.05, 0.1) is 11.9 Å². The smallest absolute Gasteiger partial charge is 0.250 e. The number of nitrogens with zero attached hydrogens (tertiary/aromatic N) is 3. The molecular weight excluding hydrogens is 432 g/mol. The van der Waals surface area contributed by atoms with Gasteiger partial charge in [0.15, 0.2) is 5.82 Å². The minimum absolute atomic E-state index is 0.0113. The minimum atomic E-state index is -1.09. The molecule has 2 heterocycles. The number of anilines is 1. The van der Waals surface area contributed by atoms with E-state index in [2.05, 4.69) is 15.6 Å². The molecule has 1 aromatic heterocycles. The molecule has 2 unspecified atom stereocenters. The average molecular weight is 469 g/mol. The van der Waals surface area contributed by atoms with Crippen LogP contribution < -0.4 is 16.4 Å². The van der Waals surface area contributed by atoms with E-state index < -0.39 is 23.5 Å². The maximum atomic E-state index is 13.4. The number of rotatable bonds is 10. The number of benzene rings is 1. The number of carbonyl (C=O) groups excluding carboxylic acids is 3. The molecule has 4 N–H and O–H groups in total. The van der Waals surface area contributed by atoms with Crippen LogP contribution in [0, 0.1) is 0 Å². The zero-order chi connectivity index (χ0) is 24.7. The number of imidazole rings is 1. The highest BCUT2D eigenvalue weighted by Gasteiger charge is 2.30. The lowest BCUT2D eigenvalue weighted by atomic mass is 10.0. The number of amides is 3. The van der Waals surface area contributed by atoms with E-state index >= 15 is 0 Å². The first kappa shape index (κ1) is 25.4. The van der Waals surface area contributed by atoms with Crippen LogP contribution in [0.1, 0.15) is 64.5 Å². The van der Waals surface area contributed by atoms with Crippen molar-refractivity contribution in [3.8, 4) is 0 Å². The fourth-order valence-electron chi connectivity index (χ4n) is 3.97. The summed E-state index contributed by atoms with van der Waals surface area (Å²) in [5.41, 5.74) is 5.65. The number of nitrogens with two attached hydrogens (primary N) is 1. The Morgan fingerprint density at radius 2 is 1.82 bits per heavy atom. The van der Waals surface area contributed by atoms with Crippen LogP contribution in [0.15, 0.2) is 42.9 Å². The average Bonchev–Trinajstić information content (AvgIpc) is 3.49. The lowest BCUT2D eigenvalue weighted by Gasteiger charge is -2.24. The van der Waals surface area contributed by atoms with Crippen LogP contribution in [0.4, 0.5) is 5.82 Å². The fourth-order valence-corrected chi connectivity index (χ4v) is 3.97. The summed E-state index contributed by atoms with van der Waals surface area (Å²) in [5, 5.41) is 5.54. The van der Waals surface area contributed by atoms with Crippen molar-refractivity contribution >= 4 is 23.5 Å². The van der Waals surface area contributed by atoms with E-state index in [1.54, 1.807) is 30.9 Å². The Bertz CT molecular complexity index is 976. The largest absolute Gasteiger partial charge is 0.343 e. The Labute approximate surface area is 201 Å². The standard InChI is InChI=1S/C25H36N6O3/c1-4-5-13-19(28-24(34)25(2,3)26)22(32)29-20-16-31(17-27-20)21(18-11-7-6-8-12-18)23(33)30-14-9-10-15-30/h6-8,11-12,16-17,19,21H,4-5,9-10,13-15,26H2,1-3H3,(H,28,34)(H,29,32). The SMILES string of the molecule is CCCCC(NC(=O)C(C)(C)N)C(=O)Nc1cn(C(C(=O)N2CCCC2)c2ccccc2)cn1. The third-order valence-electron chi connectivity index (χ3n) is 5.97. The van der Waals surface area contributed by atoms with Gasteiger partial charge in [-0.05, 0) is 38.7 Å². The zero-order valence-corrected chi connectivity index (χ0v) is 20.3. The monoisotopic (exact) mass is 468 g/mol. The van der Waals surface area contributed by atoms with Gasteiger partial charge in [-0.1, -0.05) is 50.1 Å². The molecule has 3 rings (SSSR count). The van der Waals surface area contributed by atoms with E-state index in [0.717, 1.165) is 44.3 Å². The van der Waals surface area contributed by atoms with Crippen molar-refractivity contribution < 1.29 is 14.4 Å². The van der Waals surface area contributed by atoms with Crippen LogP contribution in [-0.2, 0) is 14.4 Å². The Morgan fingerprint density at radius 3 is 2.44 bits per heavy atom. The van der Waals surface area contributed by atoms with Gasteiger partial charge in [0.1, 0.15) is 12.1 Å². The number of aromatic nitrogens is 2. The summed E-state index contributed by atoms with van der Waals surface area (Å²) in [4.78, 5) is 44.9. The number of carbonyl (C=O) groups is 3. The molecule has 1 aliphatic rings. The van der Waals surface area contributed by atoms with E-state index in [9.17, 15) is 14.4 Å². The molecule has 1 fully saturated rings. The van der Waals surface area contributed by atoms with Crippen molar-refractivity contribution in [3.05, 3.63) is 48.4 Å². The molecule has 1 saturated heterocycles. The molecule has 0 saturated carbocycles. The molecule has 0 bridgehead atoms.